The number of likely N-dealkylation sites (tertiary alicyclic amines) is 1. The first kappa shape index (κ1) is 20.8. The zero-order chi connectivity index (χ0) is 21.9. The molecule has 1 amide bonds. The van der Waals surface area contributed by atoms with Crippen LogP contribution in [0.3, 0.4) is 0 Å². The van der Waals surface area contributed by atoms with E-state index in [1.807, 2.05) is 47.4 Å². The van der Waals surface area contributed by atoms with Crippen molar-refractivity contribution < 1.29 is 9.53 Å². The SMILES string of the molecule is COc1ccccc1C1CN(C(=O)c2ccccc2)CC1CN1CCc2ccccc2C1. The number of rotatable bonds is 5. The van der Waals surface area contributed by atoms with E-state index in [-0.39, 0.29) is 11.8 Å². The molecule has 3 aromatic carbocycles. The normalized spacial score (nSPS) is 20.7. The molecule has 1 fully saturated rings. The predicted molar refractivity (Wildman–Crippen MR) is 127 cm³/mol. The van der Waals surface area contributed by atoms with E-state index in [1.54, 1.807) is 7.11 Å². The average Bonchev–Trinajstić information content (AvgIpc) is 3.27. The Morgan fingerprint density at radius 1 is 0.906 bits per heavy atom. The molecule has 2 atom stereocenters. The number of fused-ring (bicyclic) bond motifs is 1. The number of carbonyl (C=O) groups is 1. The van der Waals surface area contributed by atoms with Gasteiger partial charge < -0.3 is 9.64 Å². The molecule has 32 heavy (non-hydrogen) atoms. The van der Waals surface area contributed by atoms with E-state index in [4.69, 9.17) is 4.74 Å². The molecule has 0 aliphatic carbocycles. The summed E-state index contributed by atoms with van der Waals surface area (Å²) in [4.78, 5) is 17.9. The Morgan fingerprint density at radius 3 is 2.44 bits per heavy atom. The van der Waals surface area contributed by atoms with Crippen LogP contribution in [0, 0.1) is 5.92 Å². The fourth-order valence-corrected chi connectivity index (χ4v) is 5.35. The summed E-state index contributed by atoms with van der Waals surface area (Å²) in [7, 11) is 1.73. The van der Waals surface area contributed by atoms with Crippen molar-refractivity contribution in [3.63, 3.8) is 0 Å². The largest absolute Gasteiger partial charge is 0.496 e. The van der Waals surface area contributed by atoms with Crippen LogP contribution in [0.5, 0.6) is 5.75 Å². The van der Waals surface area contributed by atoms with Crippen molar-refractivity contribution in [1.29, 1.82) is 0 Å². The van der Waals surface area contributed by atoms with Crippen LogP contribution in [0.2, 0.25) is 0 Å². The third-order valence-corrected chi connectivity index (χ3v) is 6.99. The summed E-state index contributed by atoms with van der Waals surface area (Å²) in [5, 5.41) is 0. The van der Waals surface area contributed by atoms with Gasteiger partial charge in [-0.1, -0.05) is 60.7 Å². The Hall–Kier alpha value is -3.11. The molecule has 4 heteroatoms. The fourth-order valence-electron chi connectivity index (χ4n) is 5.35. The van der Waals surface area contributed by atoms with Gasteiger partial charge in [0.25, 0.3) is 5.91 Å². The van der Waals surface area contributed by atoms with Gasteiger partial charge in [0.1, 0.15) is 5.75 Å². The minimum atomic E-state index is 0.122. The number of ether oxygens (including phenoxy) is 1. The number of benzene rings is 3. The van der Waals surface area contributed by atoms with Crippen LogP contribution in [0.15, 0.2) is 78.9 Å². The first-order valence-electron chi connectivity index (χ1n) is 11.5. The highest BCUT2D eigenvalue weighted by Crippen LogP contribution is 2.39. The van der Waals surface area contributed by atoms with Crippen molar-refractivity contribution >= 4 is 5.91 Å². The lowest BCUT2D eigenvalue weighted by molar-refractivity contribution is 0.0782. The molecule has 0 spiro atoms. The maximum Gasteiger partial charge on any atom is 0.253 e. The highest BCUT2D eigenvalue weighted by atomic mass is 16.5. The lowest BCUT2D eigenvalue weighted by atomic mass is 9.87. The van der Waals surface area contributed by atoms with Crippen LogP contribution in [-0.2, 0) is 13.0 Å². The van der Waals surface area contributed by atoms with Crippen LogP contribution in [0.4, 0.5) is 0 Å². The Morgan fingerprint density at radius 2 is 1.62 bits per heavy atom. The van der Waals surface area contributed by atoms with Crippen LogP contribution in [0.1, 0.15) is 33.0 Å². The molecule has 0 saturated carbocycles. The molecule has 2 aliphatic rings. The van der Waals surface area contributed by atoms with Gasteiger partial charge in [0.15, 0.2) is 0 Å². The van der Waals surface area contributed by atoms with E-state index in [0.717, 1.165) is 50.5 Å². The first-order chi connectivity index (χ1) is 15.7. The van der Waals surface area contributed by atoms with Gasteiger partial charge in [-0.2, -0.15) is 0 Å². The molecule has 3 aromatic rings. The van der Waals surface area contributed by atoms with E-state index < -0.39 is 0 Å². The summed E-state index contributed by atoms with van der Waals surface area (Å²) in [5.74, 6) is 1.66. The van der Waals surface area contributed by atoms with Crippen molar-refractivity contribution in [2.24, 2.45) is 5.92 Å². The quantitative estimate of drug-likeness (QED) is 0.597. The summed E-state index contributed by atoms with van der Waals surface area (Å²) in [5.41, 5.74) is 4.87. The number of hydrogen-bond donors (Lipinski definition) is 0. The van der Waals surface area contributed by atoms with Crippen molar-refractivity contribution in [2.75, 3.05) is 33.3 Å². The minimum Gasteiger partial charge on any atom is -0.496 e. The highest BCUT2D eigenvalue weighted by molar-refractivity contribution is 5.94. The third-order valence-electron chi connectivity index (χ3n) is 6.99. The minimum absolute atomic E-state index is 0.122. The van der Waals surface area contributed by atoms with Gasteiger partial charge in [0, 0.05) is 44.2 Å². The topological polar surface area (TPSA) is 32.8 Å². The number of methoxy groups -OCH3 is 1. The van der Waals surface area contributed by atoms with Crippen LogP contribution < -0.4 is 4.74 Å². The van der Waals surface area contributed by atoms with Crippen molar-refractivity contribution in [2.45, 2.75) is 18.9 Å². The molecule has 0 N–H and O–H groups in total. The smallest absolute Gasteiger partial charge is 0.253 e. The zero-order valence-electron chi connectivity index (χ0n) is 18.6. The maximum absolute atomic E-state index is 13.3. The number of hydrogen-bond acceptors (Lipinski definition) is 3. The van der Waals surface area contributed by atoms with Gasteiger partial charge in [-0.05, 0) is 47.2 Å². The number of para-hydroxylation sites is 1. The summed E-state index contributed by atoms with van der Waals surface area (Å²) in [6, 6.07) is 26.7. The molecule has 0 bridgehead atoms. The second kappa shape index (κ2) is 9.17. The van der Waals surface area contributed by atoms with Crippen LogP contribution in [-0.4, -0.2) is 49.0 Å². The maximum atomic E-state index is 13.3. The zero-order valence-corrected chi connectivity index (χ0v) is 18.6. The molecule has 2 heterocycles. The summed E-state index contributed by atoms with van der Waals surface area (Å²) < 4.78 is 5.71. The van der Waals surface area contributed by atoms with E-state index in [0.29, 0.717) is 5.92 Å². The molecule has 1 saturated heterocycles. The number of amides is 1. The van der Waals surface area contributed by atoms with E-state index in [9.17, 15) is 4.79 Å². The monoisotopic (exact) mass is 426 g/mol. The summed E-state index contributed by atoms with van der Waals surface area (Å²) >= 11 is 0. The second-order valence-electron chi connectivity index (χ2n) is 8.94. The molecular weight excluding hydrogens is 396 g/mol. The fraction of sp³-hybridized carbons (Fsp3) is 0.321. The number of nitrogens with zero attached hydrogens (tertiary/aromatic N) is 2. The van der Waals surface area contributed by atoms with E-state index in [1.165, 1.54) is 16.7 Å². The second-order valence-corrected chi connectivity index (χ2v) is 8.94. The molecule has 164 valence electrons. The van der Waals surface area contributed by atoms with E-state index in [2.05, 4.69) is 41.3 Å². The van der Waals surface area contributed by atoms with Crippen LogP contribution in [0.25, 0.3) is 0 Å². The molecule has 2 unspecified atom stereocenters. The molecule has 2 aliphatic heterocycles. The van der Waals surface area contributed by atoms with Gasteiger partial charge in [0.05, 0.1) is 7.11 Å². The van der Waals surface area contributed by atoms with Crippen molar-refractivity contribution in [3.05, 3.63) is 101 Å². The lowest BCUT2D eigenvalue weighted by Crippen LogP contribution is -2.37. The van der Waals surface area contributed by atoms with Crippen molar-refractivity contribution in [3.8, 4) is 5.75 Å². The van der Waals surface area contributed by atoms with Gasteiger partial charge in [-0.3, -0.25) is 9.69 Å². The van der Waals surface area contributed by atoms with Gasteiger partial charge in [-0.25, -0.2) is 0 Å². The third kappa shape index (κ3) is 4.15. The molecular formula is C28H30N2O2. The Kier molecular flexibility index (Phi) is 5.95. The molecule has 4 nitrogen and oxygen atoms in total. The standard InChI is InChI=1S/C28H30N2O2/c1-32-27-14-8-7-13-25(27)26-20-30(28(31)22-10-3-2-4-11-22)19-24(26)18-29-16-15-21-9-5-6-12-23(21)17-29/h2-14,24,26H,15-20H2,1H3. The van der Waals surface area contributed by atoms with Gasteiger partial charge >= 0.3 is 0 Å². The van der Waals surface area contributed by atoms with Crippen molar-refractivity contribution in [1.82, 2.24) is 9.80 Å². The predicted octanol–water partition coefficient (Wildman–Crippen LogP) is 4.61. The van der Waals surface area contributed by atoms with Gasteiger partial charge in [-0.15, -0.1) is 0 Å². The first-order valence-corrected chi connectivity index (χ1v) is 11.5. The Bertz CT molecular complexity index is 1080. The molecule has 0 radical (unpaired) electrons. The summed E-state index contributed by atoms with van der Waals surface area (Å²) in [6.07, 6.45) is 1.09. The van der Waals surface area contributed by atoms with Gasteiger partial charge in [0.2, 0.25) is 0 Å². The van der Waals surface area contributed by atoms with E-state index >= 15 is 0 Å². The Balaban J connectivity index is 1.40. The lowest BCUT2D eigenvalue weighted by Gasteiger charge is -2.32. The molecule has 0 aromatic heterocycles. The Labute approximate surface area is 190 Å². The summed E-state index contributed by atoms with van der Waals surface area (Å²) in [6.45, 7) is 4.53. The average molecular weight is 427 g/mol. The highest BCUT2D eigenvalue weighted by Gasteiger charge is 2.38. The number of carbonyl (C=O) groups excluding carboxylic acids is 1. The van der Waals surface area contributed by atoms with Crippen LogP contribution >= 0.6 is 0 Å². The molecule has 5 rings (SSSR count).